The lowest BCUT2D eigenvalue weighted by Crippen LogP contribution is -2.18. The lowest BCUT2D eigenvalue weighted by molar-refractivity contribution is -0.118. The van der Waals surface area contributed by atoms with Crippen molar-refractivity contribution in [3.8, 4) is 0 Å². The van der Waals surface area contributed by atoms with Crippen LogP contribution < -0.4 is 5.32 Å². The van der Waals surface area contributed by atoms with Crippen molar-refractivity contribution in [1.29, 1.82) is 0 Å². The zero-order valence-corrected chi connectivity index (χ0v) is 8.62. The number of rotatable bonds is 6. The van der Waals surface area contributed by atoms with Crippen LogP contribution in [-0.4, -0.2) is 18.9 Å². The molecule has 0 atom stereocenters. The molecule has 0 aliphatic carbocycles. The van der Waals surface area contributed by atoms with Crippen LogP contribution in [-0.2, 0) is 11.2 Å². The van der Waals surface area contributed by atoms with Crippen LogP contribution in [0.3, 0.4) is 0 Å². The van der Waals surface area contributed by atoms with Gasteiger partial charge in [-0.25, -0.2) is 0 Å². The first kappa shape index (κ1) is 10.9. The fourth-order valence-electron chi connectivity index (χ4n) is 1.32. The Kier molecular flexibility index (Phi) is 4.94. The Labute approximate surface area is 85.3 Å². The van der Waals surface area contributed by atoms with Crippen LogP contribution in [0.5, 0.6) is 0 Å². The number of ketones is 1. The first-order valence-corrected chi connectivity index (χ1v) is 5.09. The number of nitrogens with one attached hydrogen (secondary N) is 1. The van der Waals surface area contributed by atoms with E-state index in [1.54, 1.807) is 0 Å². The Balaban J connectivity index is 2.27. The van der Waals surface area contributed by atoms with Crippen LogP contribution in [0.1, 0.15) is 18.9 Å². The first-order valence-electron chi connectivity index (χ1n) is 5.09. The van der Waals surface area contributed by atoms with Crippen molar-refractivity contribution in [3.05, 3.63) is 35.9 Å². The zero-order valence-electron chi connectivity index (χ0n) is 8.62. The van der Waals surface area contributed by atoms with Gasteiger partial charge in [-0.15, -0.1) is 0 Å². The maximum Gasteiger partial charge on any atom is 0.138 e. The second kappa shape index (κ2) is 6.33. The molecule has 0 saturated heterocycles. The predicted molar refractivity (Wildman–Crippen MR) is 58.3 cm³/mol. The van der Waals surface area contributed by atoms with E-state index in [2.05, 4.69) is 5.32 Å². The van der Waals surface area contributed by atoms with Crippen LogP contribution >= 0.6 is 0 Å². The number of benzene rings is 1. The molecule has 14 heavy (non-hydrogen) atoms. The minimum Gasteiger partial charge on any atom is -0.317 e. The molecule has 0 spiro atoms. The fourth-order valence-corrected chi connectivity index (χ4v) is 1.32. The van der Waals surface area contributed by atoms with Gasteiger partial charge >= 0.3 is 0 Å². The van der Waals surface area contributed by atoms with Crippen LogP contribution in [0, 0.1) is 0 Å². The molecule has 0 aliphatic heterocycles. The quantitative estimate of drug-likeness (QED) is 0.695. The molecule has 0 heterocycles. The molecule has 76 valence electrons. The van der Waals surface area contributed by atoms with Crippen molar-refractivity contribution in [1.82, 2.24) is 5.32 Å². The molecule has 1 aromatic carbocycles. The topological polar surface area (TPSA) is 29.1 Å². The minimum absolute atomic E-state index is 0.303. The molecule has 0 unspecified atom stereocenters. The normalized spacial score (nSPS) is 10.1. The molecular weight excluding hydrogens is 174 g/mol. The van der Waals surface area contributed by atoms with Crippen LogP contribution in [0.25, 0.3) is 0 Å². The molecule has 1 N–H and O–H groups in total. The van der Waals surface area contributed by atoms with Gasteiger partial charge in [0.05, 0.1) is 0 Å². The second-order valence-electron chi connectivity index (χ2n) is 3.30. The van der Waals surface area contributed by atoms with Gasteiger partial charge in [0.2, 0.25) is 0 Å². The summed E-state index contributed by atoms with van der Waals surface area (Å²) < 4.78 is 0. The number of hydrogen-bond acceptors (Lipinski definition) is 2. The SMILES string of the molecule is CCNCCC(=O)Cc1ccccc1. The number of carbonyl (C=O) groups excluding carboxylic acids is 1. The predicted octanol–water partition coefficient (Wildman–Crippen LogP) is 1.80. The average Bonchev–Trinajstić information content (AvgIpc) is 2.20. The van der Waals surface area contributed by atoms with Crippen LogP contribution in [0.2, 0.25) is 0 Å². The second-order valence-corrected chi connectivity index (χ2v) is 3.30. The summed E-state index contributed by atoms with van der Waals surface area (Å²) in [6.07, 6.45) is 1.19. The fraction of sp³-hybridized carbons (Fsp3) is 0.417. The van der Waals surface area contributed by atoms with E-state index < -0.39 is 0 Å². The molecule has 1 aromatic rings. The van der Waals surface area contributed by atoms with Crippen molar-refractivity contribution >= 4 is 5.78 Å². The van der Waals surface area contributed by atoms with Gasteiger partial charge in [0.15, 0.2) is 0 Å². The van der Waals surface area contributed by atoms with Crippen molar-refractivity contribution in [2.24, 2.45) is 0 Å². The van der Waals surface area contributed by atoms with Crippen molar-refractivity contribution in [2.45, 2.75) is 19.8 Å². The van der Waals surface area contributed by atoms with E-state index in [4.69, 9.17) is 0 Å². The highest BCUT2D eigenvalue weighted by atomic mass is 16.1. The molecule has 0 fully saturated rings. The van der Waals surface area contributed by atoms with Gasteiger partial charge in [0, 0.05) is 19.4 Å². The largest absolute Gasteiger partial charge is 0.317 e. The molecule has 0 radical (unpaired) electrons. The first-order chi connectivity index (χ1) is 6.83. The van der Waals surface area contributed by atoms with E-state index in [-0.39, 0.29) is 0 Å². The Morgan fingerprint density at radius 1 is 1.29 bits per heavy atom. The summed E-state index contributed by atoms with van der Waals surface area (Å²) in [5.74, 6) is 0.303. The van der Waals surface area contributed by atoms with Crippen molar-refractivity contribution < 1.29 is 4.79 Å². The van der Waals surface area contributed by atoms with Crippen molar-refractivity contribution in [2.75, 3.05) is 13.1 Å². The minimum atomic E-state index is 0.303. The third-order valence-corrected chi connectivity index (χ3v) is 2.07. The summed E-state index contributed by atoms with van der Waals surface area (Å²) >= 11 is 0. The molecule has 2 nitrogen and oxygen atoms in total. The lowest BCUT2D eigenvalue weighted by Gasteiger charge is -2.01. The molecule has 0 amide bonds. The van der Waals surface area contributed by atoms with E-state index in [1.807, 2.05) is 37.3 Å². The number of hydrogen-bond donors (Lipinski definition) is 1. The summed E-state index contributed by atoms with van der Waals surface area (Å²) in [6.45, 7) is 3.77. The number of carbonyl (C=O) groups is 1. The van der Waals surface area contributed by atoms with Gasteiger partial charge < -0.3 is 5.32 Å². The summed E-state index contributed by atoms with van der Waals surface area (Å²) in [5.41, 5.74) is 1.11. The van der Waals surface area contributed by atoms with Gasteiger partial charge in [-0.2, -0.15) is 0 Å². The summed E-state index contributed by atoms with van der Waals surface area (Å²) in [7, 11) is 0. The third-order valence-electron chi connectivity index (χ3n) is 2.07. The molecule has 0 saturated carbocycles. The number of Topliss-reactive ketones (excluding diaryl/α,β-unsaturated/α-hetero) is 1. The summed E-state index contributed by atoms with van der Waals surface area (Å²) in [5, 5.41) is 3.14. The summed E-state index contributed by atoms with van der Waals surface area (Å²) in [4.78, 5) is 11.4. The Bertz CT molecular complexity index is 269. The van der Waals surface area contributed by atoms with Gasteiger partial charge in [-0.05, 0) is 12.1 Å². The van der Waals surface area contributed by atoms with Crippen LogP contribution in [0.4, 0.5) is 0 Å². The van der Waals surface area contributed by atoms with E-state index in [0.29, 0.717) is 18.6 Å². The van der Waals surface area contributed by atoms with Gasteiger partial charge in [-0.1, -0.05) is 37.3 Å². The molecule has 1 rings (SSSR count). The van der Waals surface area contributed by atoms with E-state index in [1.165, 1.54) is 0 Å². The lowest BCUT2D eigenvalue weighted by atomic mass is 10.1. The van der Waals surface area contributed by atoms with E-state index in [0.717, 1.165) is 18.7 Å². The molecule has 0 aromatic heterocycles. The van der Waals surface area contributed by atoms with Crippen molar-refractivity contribution in [3.63, 3.8) is 0 Å². The average molecular weight is 191 g/mol. The van der Waals surface area contributed by atoms with Gasteiger partial charge in [0.1, 0.15) is 5.78 Å². The Morgan fingerprint density at radius 3 is 2.64 bits per heavy atom. The highest BCUT2D eigenvalue weighted by molar-refractivity contribution is 5.80. The Hall–Kier alpha value is -1.15. The van der Waals surface area contributed by atoms with E-state index in [9.17, 15) is 4.79 Å². The zero-order chi connectivity index (χ0) is 10.2. The summed E-state index contributed by atoms with van der Waals surface area (Å²) in [6, 6.07) is 9.88. The smallest absolute Gasteiger partial charge is 0.138 e. The highest BCUT2D eigenvalue weighted by Crippen LogP contribution is 2.01. The van der Waals surface area contributed by atoms with Gasteiger partial charge in [-0.3, -0.25) is 4.79 Å². The molecule has 0 aliphatic rings. The van der Waals surface area contributed by atoms with Gasteiger partial charge in [0.25, 0.3) is 0 Å². The molecule has 2 heteroatoms. The molecule has 0 bridgehead atoms. The third kappa shape index (κ3) is 4.19. The monoisotopic (exact) mass is 191 g/mol. The van der Waals surface area contributed by atoms with E-state index >= 15 is 0 Å². The standard InChI is InChI=1S/C12H17NO/c1-2-13-9-8-12(14)10-11-6-4-3-5-7-11/h3-7,13H,2,8-10H2,1H3. The van der Waals surface area contributed by atoms with Crippen LogP contribution in [0.15, 0.2) is 30.3 Å². The highest BCUT2D eigenvalue weighted by Gasteiger charge is 2.01. The molecular formula is C12H17NO. The maximum atomic E-state index is 11.4. The Morgan fingerprint density at radius 2 is 2.00 bits per heavy atom. The maximum absolute atomic E-state index is 11.4.